The maximum absolute atomic E-state index is 12.5. The Morgan fingerprint density at radius 3 is 2.62 bits per heavy atom. The van der Waals surface area contributed by atoms with Crippen LogP contribution in [0, 0.1) is 6.92 Å². The van der Waals surface area contributed by atoms with E-state index in [1.165, 1.54) is 11.1 Å². The van der Waals surface area contributed by atoms with Gasteiger partial charge in [0.15, 0.2) is 5.75 Å². The van der Waals surface area contributed by atoms with Crippen molar-refractivity contribution in [2.45, 2.75) is 39.4 Å². The number of carbonyl (C=O) groups is 1. The van der Waals surface area contributed by atoms with E-state index in [1.807, 2.05) is 31.2 Å². The number of rotatable bonds is 3. The lowest BCUT2D eigenvalue weighted by molar-refractivity contribution is -0.0890. The quantitative estimate of drug-likeness (QED) is 0.676. The van der Waals surface area contributed by atoms with Gasteiger partial charge in [-0.25, -0.2) is 0 Å². The van der Waals surface area contributed by atoms with E-state index in [0.29, 0.717) is 13.0 Å². The summed E-state index contributed by atoms with van der Waals surface area (Å²) in [7, 11) is 0. The second-order valence-corrected chi connectivity index (χ2v) is 6.79. The number of carbonyl (C=O) groups excluding carboxylic acids is 1. The van der Waals surface area contributed by atoms with Crippen molar-refractivity contribution in [3.05, 3.63) is 65.4 Å². The first-order chi connectivity index (χ1) is 12.6. The zero-order valence-electron chi connectivity index (χ0n) is 15.4. The third kappa shape index (κ3) is 2.71. The van der Waals surface area contributed by atoms with Crippen LogP contribution in [0.4, 0.5) is 0 Å². The molecule has 0 spiro atoms. The minimum absolute atomic E-state index is 0.00183. The van der Waals surface area contributed by atoms with Crippen molar-refractivity contribution in [1.29, 1.82) is 0 Å². The third-order valence-corrected chi connectivity index (χ3v) is 5.02. The Bertz CT molecular complexity index is 955. The highest BCUT2D eigenvalue weighted by Gasteiger charge is 2.36. The lowest BCUT2D eigenvalue weighted by Crippen LogP contribution is -2.30. The highest BCUT2D eigenvalue weighted by atomic mass is 16.7. The van der Waals surface area contributed by atoms with Gasteiger partial charge in [-0.3, -0.25) is 9.36 Å². The van der Waals surface area contributed by atoms with Crippen molar-refractivity contribution in [2.24, 2.45) is 0 Å². The molecule has 0 N–H and O–H groups in total. The van der Waals surface area contributed by atoms with Crippen molar-refractivity contribution in [1.82, 2.24) is 4.57 Å². The lowest BCUT2D eigenvalue weighted by Gasteiger charge is -2.31. The molecule has 0 bridgehead atoms. The molecule has 1 aliphatic rings. The molecule has 134 valence electrons. The monoisotopic (exact) mass is 349 g/mol. The summed E-state index contributed by atoms with van der Waals surface area (Å²) in [6.45, 7) is 6.24. The predicted octanol–water partition coefficient (Wildman–Crippen LogP) is 4.89. The molecule has 3 aromatic rings. The molecule has 0 amide bonds. The standard InChI is InChI=1S/C22H23NO3/c1-4-25-20-13-18(16-11-9-14(2)10-12-16)21-22(26-20)17-7-5-6-8-19(17)23(21)15(3)24/h5-12,18,20H,4,13H2,1-3H3/t18-,20-/m0/s1. The first-order valence-corrected chi connectivity index (χ1v) is 9.09. The SMILES string of the molecule is CCO[C@@H]1C[C@@H](c2ccc(C)cc2)c2c(c3ccccc3n2C(C)=O)O1. The van der Waals surface area contributed by atoms with E-state index in [2.05, 4.69) is 31.2 Å². The summed E-state index contributed by atoms with van der Waals surface area (Å²) in [6.07, 6.45) is 0.373. The van der Waals surface area contributed by atoms with E-state index in [9.17, 15) is 4.79 Å². The molecule has 2 aromatic carbocycles. The Kier molecular flexibility index (Phi) is 4.29. The molecule has 0 fully saturated rings. The van der Waals surface area contributed by atoms with Gasteiger partial charge in [0.1, 0.15) is 0 Å². The smallest absolute Gasteiger partial charge is 0.228 e. The lowest BCUT2D eigenvalue weighted by atomic mass is 9.89. The number of para-hydroxylation sites is 1. The van der Waals surface area contributed by atoms with Crippen LogP contribution in [0.1, 0.15) is 47.8 Å². The van der Waals surface area contributed by atoms with Gasteiger partial charge in [0, 0.05) is 31.3 Å². The maximum Gasteiger partial charge on any atom is 0.228 e. The summed E-state index contributed by atoms with van der Waals surface area (Å²) in [6, 6.07) is 16.4. The number of nitrogens with zero attached hydrogens (tertiary/aromatic N) is 1. The van der Waals surface area contributed by atoms with Crippen LogP contribution in [-0.2, 0) is 4.74 Å². The highest BCUT2D eigenvalue weighted by molar-refractivity contribution is 5.97. The third-order valence-electron chi connectivity index (χ3n) is 5.02. The van der Waals surface area contributed by atoms with Crippen LogP contribution in [-0.4, -0.2) is 23.4 Å². The summed E-state index contributed by atoms with van der Waals surface area (Å²) in [5, 5.41) is 0.958. The molecule has 26 heavy (non-hydrogen) atoms. The number of ether oxygens (including phenoxy) is 2. The zero-order chi connectivity index (χ0) is 18.3. The summed E-state index contributed by atoms with van der Waals surface area (Å²) in [5.41, 5.74) is 4.21. The molecule has 0 saturated heterocycles. The summed E-state index contributed by atoms with van der Waals surface area (Å²) in [5.74, 6) is 0.816. The Hall–Kier alpha value is -2.59. The van der Waals surface area contributed by atoms with E-state index in [-0.39, 0.29) is 18.1 Å². The fourth-order valence-electron chi connectivity index (χ4n) is 3.87. The number of benzene rings is 2. The van der Waals surface area contributed by atoms with E-state index in [0.717, 1.165) is 22.3 Å². The molecule has 4 nitrogen and oxygen atoms in total. The average molecular weight is 349 g/mol. The Balaban J connectivity index is 1.97. The normalized spacial score (nSPS) is 19.2. The van der Waals surface area contributed by atoms with Crippen molar-refractivity contribution < 1.29 is 14.3 Å². The first kappa shape index (κ1) is 16.9. The summed E-state index contributed by atoms with van der Waals surface area (Å²) >= 11 is 0. The van der Waals surface area contributed by atoms with Crippen LogP contribution in [0.5, 0.6) is 5.75 Å². The van der Waals surface area contributed by atoms with Gasteiger partial charge >= 0.3 is 0 Å². The molecule has 2 heterocycles. The number of hydrogen-bond acceptors (Lipinski definition) is 3. The van der Waals surface area contributed by atoms with Crippen LogP contribution < -0.4 is 4.74 Å². The fraction of sp³-hybridized carbons (Fsp3) is 0.318. The van der Waals surface area contributed by atoms with Gasteiger partial charge < -0.3 is 9.47 Å². The van der Waals surface area contributed by atoms with Crippen LogP contribution in [0.25, 0.3) is 10.9 Å². The number of hydrogen-bond donors (Lipinski definition) is 0. The molecule has 0 unspecified atom stereocenters. The van der Waals surface area contributed by atoms with Crippen LogP contribution >= 0.6 is 0 Å². The van der Waals surface area contributed by atoms with Gasteiger partial charge in [-0.2, -0.15) is 0 Å². The summed E-state index contributed by atoms with van der Waals surface area (Å²) in [4.78, 5) is 12.5. The number of aromatic nitrogens is 1. The van der Waals surface area contributed by atoms with Crippen molar-refractivity contribution >= 4 is 16.8 Å². The molecule has 0 radical (unpaired) electrons. The zero-order valence-corrected chi connectivity index (χ0v) is 15.4. The maximum atomic E-state index is 12.5. The highest BCUT2D eigenvalue weighted by Crippen LogP contribution is 2.46. The minimum Gasteiger partial charge on any atom is -0.462 e. The second kappa shape index (κ2) is 6.61. The number of fused-ring (bicyclic) bond motifs is 3. The van der Waals surface area contributed by atoms with Crippen molar-refractivity contribution in [2.75, 3.05) is 6.61 Å². The van der Waals surface area contributed by atoms with Crippen LogP contribution in [0.15, 0.2) is 48.5 Å². The van der Waals surface area contributed by atoms with Gasteiger partial charge in [-0.05, 0) is 31.5 Å². The van der Waals surface area contributed by atoms with Gasteiger partial charge in [-0.1, -0.05) is 42.0 Å². The van der Waals surface area contributed by atoms with E-state index in [1.54, 1.807) is 11.5 Å². The fourth-order valence-corrected chi connectivity index (χ4v) is 3.87. The van der Waals surface area contributed by atoms with E-state index >= 15 is 0 Å². The molecule has 0 saturated carbocycles. The van der Waals surface area contributed by atoms with Crippen LogP contribution in [0.3, 0.4) is 0 Å². The molecule has 2 atom stereocenters. The van der Waals surface area contributed by atoms with Crippen molar-refractivity contribution in [3.63, 3.8) is 0 Å². The molecule has 0 aliphatic carbocycles. The van der Waals surface area contributed by atoms with E-state index < -0.39 is 0 Å². The average Bonchev–Trinajstić information content (AvgIpc) is 2.97. The largest absolute Gasteiger partial charge is 0.462 e. The van der Waals surface area contributed by atoms with Gasteiger partial charge in [0.2, 0.25) is 12.2 Å². The summed E-state index contributed by atoms with van der Waals surface area (Å²) < 4.78 is 13.8. The van der Waals surface area contributed by atoms with Gasteiger partial charge in [0.25, 0.3) is 0 Å². The molecular weight excluding hydrogens is 326 g/mol. The van der Waals surface area contributed by atoms with Crippen LogP contribution in [0.2, 0.25) is 0 Å². The minimum atomic E-state index is -0.315. The topological polar surface area (TPSA) is 40.5 Å². The Labute approximate surface area is 153 Å². The predicted molar refractivity (Wildman–Crippen MR) is 102 cm³/mol. The van der Waals surface area contributed by atoms with Gasteiger partial charge in [-0.15, -0.1) is 0 Å². The van der Waals surface area contributed by atoms with E-state index in [4.69, 9.17) is 9.47 Å². The van der Waals surface area contributed by atoms with Gasteiger partial charge in [0.05, 0.1) is 11.2 Å². The molecule has 1 aliphatic heterocycles. The molecule has 4 rings (SSSR count). The molecular formula is C22H23NO3. The van der Waals surface area contributed by atoms with Crippen molar-refractivity contribution in [3.8, 4) is 5.75 Å². The molecule has 4 heteroatoms. The first-order valence-electron chi connectivity index (χ1n) is 9.09. The number of aryl methyl sites for hydroxylation is 1. The Morgan fingerprint density at radius 1 is 1.19 bits per heavy atom. The second-order valence-electron chi connectivity index (χ2n) is 6.79. The molecule has 1 aromatic heterocycles. The Morgan fingerprint density at radius 2 is 1.92 bits per heavy atom.